The third-order valence-electron chi connectivity index (χ3n) is 3.31. The second-order valence-corrected chi connectivity index (χ2v) is 5.77. The SMILES string of the molecule is COCC(C)(C)NC(=O)C1(CN)CC(C)C1. The van der Waals surface area contributed by atoms with Gasteiger partial charge in [0.1, 0.15) is 0 Å². The Hall–Kier alpha value is -0.610. The van der Waals surface area contributed by atoms with Crippen LogP contribution < -0.4 is 11.1 Å². The van der Waals surface area contributed by atoms with Crippen molar-refractivity contribution in [2.75, 3.05) is 20.3 Å². The molecule has 0 aromatic rings. The van der Waals surface area contributed by atoms with Crippen LogP contribution in [0.3, 0.4) is 0 Å². The lowest BCUT2D eigenvalue weighted by molar-refractivity contribution is -0.140. The third kappa shape index (κ3) is 2.74. The number of rotatable bonds is 5. The van der Waals surface area contributed by atoms with Crippen molar-refractivity contribution in [1.29, 1.82) is 0 Å². The number of ether oxygens (including phenoxy) is 1. The summed E-state index contributed by atoms with van der Waals surface area (Å²) in [4.78, 5) is 12.2. The molecule has 0 radical (unpaired) electrons. The van der Waals surface area contributed by atoms with Gasteiger partial charge in [0.05, 0.1) is 17.6 Å². The molecule has 0 saturated heterocycles. The van der Waals surface area contributed by atoms with Gasteiger partial charge in [-0.25, -0.2) is 0 Å². The summed E-state index contributed by atoms with van der Waals surface area (Å²) in [6.45, 7) is 7.02. The zero-order valence-corrected chi connectivity index (χ0v) is 10.8. The first kappa shape index (κ1) is 13.5. The molecule has 1 saturated carbocycles. The number of hydrogen-bond donors (Lipinski definition) is 2. The fourth-order valence-corrected chi connectivity index (χ4v) is 2.56. The van der Waals surface area contributed by atoms with E-state index >= 15 is 0 Å². The van der Waals surface area contributed by atoms with E-state index in [4.69, 9.17) is 10.5 Å². The maximum atomic E-state index is 12.2. The normalized spacial score (nSPS) is 29.7. The van der Waals surface area contributed by atoms with Crippen LogP contribution >= 0.6 is 0 Å². The molecule has 0 atom stereocenters. The van der Waals surface area contributed by atoms with Crippen molar-refractivity contribution in [3.63, 3.8) is 0 Å². The van der Waals surface area contributed by atoms with E-state index in [0.717, 1.165) is 12.8 Å². The van der Waals surface area contributed by atoms with Crippen molar-refractivity contribution in [3.8, 4) is 0 Å². The Labute approximate surface area is 97.9 Å². The summed E-state index contributed by atoms with van der Waals surface area (Å²) in [6, 6.07) is 0. The largest absolute Gasteiger partial charge is 0.382 e. The van der Waals surface area contributed by atoms with E-state index in [9.17, 15) is 4.79 Å². The lowest BCUT2D eigenvalue weighted by Crippen LogP contribution is -2.58. The Morgan fingerprint density at radius 3 is 2.50 bits per heavy atom. The van der Waals surface area contributed by atoms with Crippen LogP contribution in [-0.2, 0) is 9.53 Å². The smallest absolute Gasteiger partial charge is 0.228 e. The predicted molar refractivity (Wildman–Crippen MR) is 64.0 cm³/mol. The molecular formula is C12H24N2O2. The van der Waals surface area contributed by atoms with E-state index in [0.29, 0.717) is 19.1 Å². The number of carbonyl (C=O) groups is 1. The van der Waals surface area contributed by atoms with Crippen molar-refractivity contribution < 1.29 is 9.53 Å². The minimum atomic E-state index is -0.329. The number of nitrogens with one attached hydrogen (secondary N) is 1. The third-order valence-corrected chi connectivity index (χ3v) is 3.31. The van der Waals surface area contributed by atoms with E-state index < -0.39 is 0 Å². The van der Waals surface area contributed by atoms with Crippen molar-refractivity contribution in [1.82, 2.24) is 5.32 Å². The lowest BCUT2D eigenvalue weighted by Gasteiger charge is -2.45. The summed E-state index contributed by atoms with van der Waals surface area (Å²) in [5.74, 6) is 0.690. The molecule has 4 nitrogen and oxygen atoms in total. The predicted octanol–water partition coefficient (Wildman–Crippen LogP) is 0.903. The van der Waals surface area contributed by atoms with Crippen LogP contribution in [-0.4, -0.2) is 31.7 Å². The van der Waals surface area contributed by atoms with Gasteiger partial charge in [-0.05, 0) is 32.6 Å². The van der Waals surface area contributed by atoms with Crippen LogP contribution in [0.2, 0.25) is 0 Å². The maximum Gasteiger partial charge on any atom is 0.228 e. The van der Waals surface area contributed by atoms with Crippen molar-refractivity contribution in [3.05, 3.63) is 0 Å². The fourth-order valence-electron chi connectivity index (χ4n) is 2.56. The highest BCUT2D eigenvalue weighted by Gasteiger charge is 2.48. The highest BCUT2D eigenvalue weighted by molar-refractivity contribution is 5.84. The molecule has 1 aliphatic rings. The first-order chi connectivity index (χ1) is 7.35. The highest BCUT2D eigenvalue weighted by Crippen LogP contribution is 2.45. The molecule has 1 rings (SSSR count). The minimum Gasteiger partial charge on any atom is -0.382 e. The molecule has 0 spiro atoms. The van der Waals surface area contributed by atoms with Gasteiger partial charge >= 0.3 is 0 Å². The molecule has 3 N–H and O–H groups in total. The quantitative estimate of drug-likeness (QED) is 0.735. The first-order valence-electron chi connectivity index (χ1n) is 5.87. The molecule has 0 bridgehead atoms. The van der Waals surface area contributed by atoms with Crippen molar-refractivity contribution >= 4 is 5.91 Å². The van der Waals surface area contributed by atoms with E-state index in [2.05, 4.69) is 12.2 Å². The molecule has 4 heteroatoms. The Bertz CT molecular complexity index is 258. The van der Waals surface area contributed by atoms with Gasteiger partial charge in [-0.15, -0.1) is 0 Å². The minimum absolute atomic E-state index is 0.0788. The standard InChI is InChI=1S/C12H24N2O2/c1-9-5-12(6-9,7-13)10(15)14-11(2,3)8-16-4/h9H,5-8,13H2,1-4H3,(H,14,15). The highest BCUT2D eigenvalue weighted by atomic mass is 16.5. The zero-order chi connectivity index (χ0) is 12.4. The number of amides is 1. The average molecular weight is 228 g/mol. The number of hydrogen-bond acceptors (Lipinski definition) is 3. The number of nitrogens with two attached hydrogens (primary N) is 1. The van der Waals surface area contributed by atoms with Gasteiger partial charge in [-0.1, -0.05) is 6.92 Å². The van der Waals surface area contributed by atoms with Crippen LogP contribution in [0.25, 0.3) is 0 Å². The Balaban J connectivity index is 2.57. The number of methoxy groups -OCH3 is 1. The van der Waals surface area contributed by atoms with E-state index in [-0.39, 0.29) is 16.9 Å². The summed E-state index contributed by atoms with van der Waals surface area (Å²) in [6.07, 6.45) is 1.80. The molecule has 16 heavy (non-hydrogen) atoms. The molecule has 1 amide bonds. The van der Waals surface area contributed by atoms with Gasteiger partial charge in [-0.3, -0.25) is 4.79 Å². The topological polar surface area (TPSA) is 64.3 Å². The lowest BCUT2D eigenvalue weighted by atomic mass is 9.62. The monoisotopic (exact) mass is 228 g/mol. The molecule has 1 aliphatic carbocycles. The van der Waals surface area contributed by atoms with Crippen LogP contribution in [0.1, 0.15) is 33.6 Å². The molecule has 0 heterocycles. The molecular weight excluding hydrogens is 204 g/mol. The van der Waals surface area contributed by atoms with Gasteiger partial charge in [0.15, 0.2) is 0 Å². The van der Waals surface area contributed by atoms with Gasteiger partial charge in [-0.2, -0.15) is 0 Å². The van der Waals surface area contributed by atoms with Gasteiger partial charge in [0.2, 0.25) is 5.91 Å². The molecule has 0 aromatic carbocycles. The first-order valence-corrected chi connectivity index (χ1v) is 5.87. The molecule has 94 valence electrons. The van der Waals surface area contributed by atoms with Crippen LogP contribution in [0, 0.1) is 11.3 Å². The fraction of sp³-hybridized carbons (Fsp3) is 0.917. The molecule has 1 fully saturated rings. The van der Waals surface area contributed by atoms with Crippen LogP contribution in [0.5, 0.6) is 0 Å². The second kappa shape index (κ2) is 4.72. The Morgan fingerprint density at radius 1 is 1.56 bits per heavy atom. The summed E-state index contributed by atoms with van der Waals surface area (Å²) >= 11 is 0. The molecule has 0 aliphatic heterocycles. The van der Waals surface area contributed by atoms with Crippen molar-refractivity contribution in [2.45, 2.75) is 39.2 Å². The van der Waals surface area contributed by atoms with E-state index in [1.807, 2.05) is 13.8 Å². The average Bonchev–Trinajstić information content (AvgIpc) is 2.11. The van der Waals surface area contributed by atoms with Crippen LogP contribution in [0.4, 0.5) is 0 Å². The summed E-state index contributed by atoms with van der Waals surface area (Å²) in [5, 5.41) is 3.03. The molecule has 0 aromatic heterocycles. The second-order valence-electron chi connectivity index (χ2n) is 5.77. The Kier molecular flexibility index (Phi) is 3.97. The summed E-state index contributed by atoms with van der Waals surface area (Å²) in [5.41, 5.74) is 5.08. The van der Waals surface area contributed by atoms with Crippen molar-refractivity contribution in [2.24, 2.45) is 17.1 Å². The zero-order valence-electron chi connectivity index (χ0n) is 10.8. The maximum absolute atomic E-state index is 12.2. The summed E-state index contributed by atoms with van der Waals surface area (Å²) in [7, 11) is 1.64. The van der Waals surface area contributed by atoms with E-state index in [1.165, 1.54) is 0 Å². The van der Waals surface area contributed by atoms with Gasteiger partial charge < -0.3 is 15.8 Å². The van der Waals surface area contributed by atoms with Gasteiger partial charge in [0, 0.05) is 13.7 Å². The Morgan fingerprint density at radius 2 is 2.12 bits per heavy atom. The van der Waals surface area contributed by atoms with Crippen LogP contribution in [0.15, 0.2) is 0 Å². The molecule has 0 unspecified atom stereocenters. The van der Waals surface area contributed by atoms with Gasteiger partial charge in [0.25, 0.3) is 0 Å². The van der Waals surface area contributed by atoms with E-state index in [1.54, 1.807) is 7.11 Å². The summed E-state index contributed by atoms with van der Waals surface area (Å²) < 4.78 is 5.08. The number of carbonyl (C=O) groups excluding carboxylic acids is 1.